The fourth-order valence-electron chi connectivity index (χ4n) is 2.05. The Bertz CT molecular complexity index is 936. The molecular weight excluding hydrogens is 398 g/mol. The second kappa shape index (κ2) is 9.19. The molecule has 0 bridgehead atoms. The van der Waals surface area contributed by atoms with E-state index < -0.39 is 0 Å². The Morgan fingerprint density at radius 2 is 2.14 bits per heavy atom. The van der Waals surface area contributed by atoms with Crippen molar-refractivity contribution < 1.29 is 4.79 Å². The molecule has 0 unspecified atom stereocenters. The third kappa shape index (κ3) is 5.20. The lowest BCUT2D eigenvalue weighted by molar-refractivity contribution is -0.113. The fraction of sp³-hybridized carbons (Fsp3) is 0.188. The minimum Gasteiger partial charge on any atom is -0.378 e. The van der Waals surface area contributed by atoms with Gasteiger partial charge in [0.1, 0.15) is 0 Å². The molecular formula is C16H19N9OS2. The van der Waals surface area contributed by atoms with Gasteiger partial charge in [-0.05, 0) is 17.7 Å². The molecule has 0 atom stereocenters. The SMILES string of the molecule is CN(C)c1ccc(/C=N/Nc2nnc(SCC(=O)Nc3nccs3)n2N)cc1. The van der Waals surface area contributed by atoms with Crippen LogP contribution in [-0.4, -0.2) is 51.8 Å². The zero-order valence-corrected chi connectivity index (χ0v) is 16.9. The summed E-state index contributed by atoms with van der Waals surface area (Å²) >= 11 is 2.52. The summed E-state index contributed by atoms with van der Waals surface area (Å²) in [6.45, 7) is 0. The monoisotopic (exact) mass is 417 g/mol. The van der Waals surface area contributed by atoms with Gasteiger partial charge in [0, 0.05) is 31.4 Å². The molecule has 0 aliphatic rings. The molecule has 0 spiro atoms. The Kier molecular flexibility index (Phi) is 6.45. The number of nitrogen functional groups attached to an aromatic ring is 1. The van der Waals surface area contributed by atoms with Crippen LogP contribution in [-0.2, 0) is 4.79 Å². The molecule has 3 aromatic rings. The first kappa shape index (κ1) is 19.6. The molecule has 0 aliphatic carbocycles. The van der Waals surface area contributed by atoms with E-state index in [9.17, 15) is 4.79 Å². The van der Waals surface area contributed by atoms with Crippen molar-refractivity contribution in [3.8, 4) is 0 Å². The minimum atomic E-state index is -0.198. The highest BCUT2D eigenvalue weighted by atomic mass is 32.2. The van der Waals surface area contributed by atoms with Gasteiger partial charge in [0.25, 0.3) is 5.95 Å². The first-order chi connectivity index (χ1) is 13.5. The Morgan fingerprint density at radius 3 is 2.82 bits per heavy atom. The van der Waals surface area contributed by atoms with Crippen molar-refractivity contribution in [1.29, 1.82) is 0 Å². The summed E-state index contributed by atoms with van der Waals surface area (Å²) in [5.41, 5.74) is 4.77. The number of benzene rings is 1. The lowest BCUT2D eigenvalue weighted by Crippen LogP contribution is -2.16. The molecule has 4 N–H and O–H groups in total. The Morgan fingerprint density at radius 1 is 1.36 bits per heavy atom. The summed E-state index contributed by atoms with van der Waals surface area (Å²) in [7, 11) is 3.97. The molecule has 3 rings (SSSR count). The molecule has 0 radical (unpaired) electrons. The zero-order valence-electron chi connectivity index (χ0n) is 15.2. The Balaban J connectivity index is 1.51. The highest BCUT2D eigenvalue weighted by Crippen LogP contribution is 2.18. The maximum atomic E-state index is 11.9. The molecule has 0 aliphatic heterocycles. The third-order valence-corrected chi connectivity index (χ3v) is 5.09. The number of nitrogens with zero attached hydrogens (tertiary/aromatic N) is 6. The van der Waals surface area contributed by atoms with Gasteiger partial charge in [-0.3, -0.25) is 4.79 Å². The van der Waals surface area contributed by atoms with E-state index in [0.717, 1.165) is 23.0 Å². The second-order valence-electron chi connectivity index (χ2n) is 5.71. The van der Waals surface area contributed by atoms with Crippen molar-refractivity contribution in [2.75, 3.05) is 41.3 Å². The van der Waals surface area contributed by atoms with E-state index in [1.165, 1.54) is 16.0 Å². The number of aromatic nitrogens is 4. The number of thiazole rings is 1. The number of nitrogens with one attached hydrogen (secondary N) is 2. The second-order valence-corrected chi connectivity index (χ2v) is 7.54. The maximum absolute atomic E-state index is 11.9. The molecule has 0 saturated heterocycles. The van der Waals surface area contributed by atoms with E-state index in [0.29, 0.717) is 10.3 Å². The Hall–Kier alpha value is -3.12. The van der Waals surface area contributed by atoms with Crippen LogP contribution in [0.25, 0.3) is 0 Å². The molecule has 1 amide bonds. The normalized spacial score (nSPS) is 10.9. The van der Waals surface area contributed by atoms with E-state index in [-0.39, 0.29) is 17.6 Å². The Labute approximate surface area is 169 Å². The van der Waals surface area contributed by atoms with Gasteiger partial charge < -0.3 is 16.1 Å². The van der Waals surface area contributed by atoms with Gasteiger partial charge in [0.05, 0.1) is 12.0 Å². The summed E-state index contributed by atoms with van der Waals surface area (Å²) in [5, 5.41) is 17.4. The van der Waals surface area contributed by atoms with Gasteiger partial charge in [-0.2, -0.15) is 5.10 Å². The number of thioether (sulfide) groups is 1. The van der Waals surface area contributed by atoms with E-state index in [2.05, 4.69) is 31.0 Å². The molecule has 2 aromatic heterocycles. The van der Waals surface area contributed by atoms with Crippen molar-refractivity contribution in [3.63, 3.8) is 0 Å². The summed E-state index contributed by atoms with van der Waals surface area (Å²) in [5.74, 6) is 6.15. The molecule has 12 heteroatoms. The number of amides is 1. The maximum Gasteiger partial charge on any atom is 0.264 e. The fourth-order valence-corrected chi connectivity index (χ4v) is 3.25. The van der Waals surface area contributed by atoms with Gasteiger partial charge in [-0.25, -0.2) is 15.1 Å². The van der Waals surface area contributed by atoms with Gasteiger partial charge in [0.15, 0.2) is 5.13 Å². The predicted octanol–water partition coefficient (Wildman–Crippen LogP) is 1.69. The summed E-state index contributed by atoms with van der Waals surface area (Å²) in [6.07, 6.45) is 3.28. The van der Waals surface area contributed by atoms with E-state index in [1.54, 1.807) is 17.8 Å². The van der Waals surface area contributed by atoms with Crippen molar-refractivity contribution in [3.05, 3.63) is 41.4 Å². The predicted molar refractivity (Wildman–Crippen MR) is 114 cm³/mol. The van der Waals surface area contributed by atoms with Crippen LogP contribution in [0.3, 0.4) is 0 Å². The molecule has 0 fully saturated rings. The number of anilines is 3. The van der Waals surface area contributed by atoms with E-state index in [1.807, 2.05) is 43.3 Å². The smallest absolute Gasteiger partial charge is 0.264 e. The van der Waals surface area contributed by atoms with Crippen molar-refractivity contribution >= 4 is 52.0 Å². The van der Waals surface area contributed by atoms with Crippen LogP contribution in [0.4, 0.5) is 16.8 Å². The molecule has 10 nitrogen and oxygen atoms in total. The summed E-state index contributed by atoms with van der Waals surface area (Å²) in [6, 6.07) is 7.91. The lowest BCUT2D eigenvalue weighted by atomic mass is 10.2. The molecule has 0 saturated carbocycles. The van der Waals surface area contributed by atoms with Crippen LogP contribution in [0.15, 0.2) is 46.1 Å². The van der Waals surface area contributed by atoms with Crippen molar-refractivity contribution in [1.82, 2.24) is 19.9 Å². The first-order valence-corrected chi connectivity index (χ1v) is 9.98. The first-order valence-electron chi connectivity index (χ1n) is 8.12. The average molecular weight is 418 g/mol. The molecule has 2 heterocycles. The number of hydrogen-bond donors (Lipinski definition) is 3. The van der Waals surface area contributed by atoms with E-state index >= 15 is 0 Å². The van der Waals surface area contributed by atoms with Crippen molar-refractivity contribution in [2.45, 2.75) is 5.16 Å². The number of nitrogens with two attached hydrogens (primary N) is 1. The molecule has 28 heavy (non-hydrogen) atoms. The van der Waals surface area contributed by atoms with Crippen LogP contribution in [0.5, 0.6) is 0 Å². The standard InChI is InChI=1S/C16H19N9OS2/c1-24(2)12-5-3-11(4-6-12)9-19-21-14-22-23-16(25(14)17)28-10-13(26)20-15-18-7-8-27-15/h3-9H,10,17H2,1-2H3,(H,21,22)(H,18,20,26)/b19-9+. The van der Waals surface area contributed by atoms with Crippen molar-refractivity contribution in [2.24, 2.45) is 5.10 Å². The number of hydrogen-bond acceptors (Lipinski definition) is 10. The largest absolute Gasteiger partial charge is 0.378 e. The summed E-state index contributed by atoms with van der Waals surface area (Å²) in [4.78, 5) is 17.9. The lowest BCUT2D eigenvalue weighted by Gasteiger charge is -2.11. The van der Waals surface area contributed by atoms with Crippen LogP contribution in [0.1, 0.15) is 5.56 Å². The van der Waals surface area contributed by atoms with Crippen LogP contribution in [0, 0.1) is 0 Å². The number of rotatable bonds is 8. The highest BCUT2D eigenvalue weighted by molar-refractivity contribution is 7.99. The number of carbonyl (C=O) groups is 1. The molecule has 146 valence electrons. The van der Waals surface area contributed by atoms with Gasteiger partial charge in [-0.15, -0.1) is 21.5 Å². The van der Waals surface area contributed by atoms with Gasteiger partial charge in [-0.1, -0.05) is 23.9 Å². The minimum absolute atomic E-state index is 0.135. The quantitative estimate of drug-likeness (QED) is 0.219. The van der Waals surface area contributed by atoms with Crippen LogP contribution < -0.4 is 21.5 Å². The van der Waals surface area contributed by atoms with Crippen LogP contribution in [0.2, 0.25) is 0 Å². The number of carbonyl (C=O) groups excluding carboxylic acids is 1. The van der Waals surface area contributed by atoms with E-state index in [4.69, 9.17) is 5.84 Å². The van der Waals surface area contributed by atoms with Gasteiger partial charge in [0.2, 0.25) is 11.1 Å². The number of hydrazone groups is 1. The van der Waals surface area contributed by atoms with Gasteiger partial charge >= 0.3 is 0 Å². The average Bonchev–Trinajstić information content (AvgIpc) is 3.31. The topological polar surface area (TPSA) is 126 Å². The van der Waals surface area contributed by atoms with Crippen LogP contribution >= 0.6 is 23.1 Å². The molecule has 1 aromatic carbocycles. The highest BCUT2D eigenvalue weighted by Gasteiger charge is 2.12. The zero-order chi connectivity index (χ0) is 19.9. The third-order valence-electron chi connectivity index (χ3n) is 3.46. The summed E-state index contributed by atoms with van der Waals surface area (Å²) < 4.78 is 1.24.